The van der Waals surface area contributed by atoms with Crippen LogP contribution in [-0.4, -0.2) is 35.6 Å². The molecule has 2 heterocycles. The van der Waals surface area contributed by atoms with Crippen molar-refractivity contribution < 1.29 is 9.53 Å². The van der Waals surface area contributed by atoms with E-state index >= 15 is 0 Å². The molecule has 1 aromatic heterocycles. The predicted octanol–water partition coefficient (Wildman–Crippen LogP) is 3.87. The quantitative estimate of drug-likeness (QED) is 0.477. The third-order valence-electron chi connectivity index (χ3n) is 5.90. The molecule has 0 spiro atoms. The van der Waals surface area contributed by atoms with Gasteiger partial charge < -0.3 is 9.64 Å². The lowest BCUT2D eigenvalue weighted by atomic mass is 9.94. The molecule has 1 amide bonds. The highest BCUT2D eigenvalue weighted by Gasteiger charge is 2.34. The van der Waals surface area contributed by atoms with Crippen molar-refractivity contribution in [2.75, 3.05) is 20.2 Å². The summed E-state index contributed by atoms with van der Waals surface area (Å²) in [6, 6.07) is 14.7. The minimum absolute atomic E-state index is 0.0939. The maximum atomic E-state index is 13.7. The van der Waals surface area contributed by atoms with E-state index in [1.54, 1.807) is 16.6 Å². The van der Waals surface area contributed by atoms with Crippen LogP contribution in [0.1, 0.15) is 37.9 Å². The Hall–Kier alpha value is -2.97. The zero-order valence-electron chi connectivity index (χ0n) is 19.5. The summed E-state index contributed by atoms with van der Waals surface area (Å²) in [5, 5.41) is 0. The van der Waals surface area contributed by atoms with Gasteiger partial charge in [0.15, 0.2) is 4.80 Å². The molecule has 8 heteroatoms. The molecule has 3 aromatic rings. The fraction of sp³-hybridized carbons (Fsp3) is 0.269. The Morgan fingerprint density at radius 3 is 2.38 bits per heavy atom. The molecular weight excluding hydrogens is 514 g/mol. The van der Waals surface area contributed by atoms with Gasteiger partial charge in [-0.05, 0) is 62.2 Å². The Morgan fingerprint density at radius 1 is 1.15 bits per heavy atom. The summed E-state index contributed by atoms with van der Waals surface area (Å²) in [7, 11) is 1.62. The third kappa shape index (κ3) is 4.52. The van der Waals surface area contributed by atoms with Gasteiger partial charge in [0.2, 0.25) is 0 Å². The number of likely N-dealkylation sites (N-methyl/N-ethyl adjacent to an activating group) is 1. The summed E-state index contributed by atoms with van der Waals surface area (Å²) in [4.78, 5) is 34.3. The molecule has 0 saturated carbocycles. The van der Waals surface area contributed by atoms with Gasteiger partial charge in [0.05, 0.1) is 29.0 Å². The number of ether oxygens (including phenoxy) is 1. The van der Waals surface area contributed by atoms with Crippen LogP contribution >= 0.6 is 27.3 Å². The molecular formula is C26H26BrN3O3S. The molecule has 2 aromatic carbocycles. The zero-order chi connectivity index (χ0) is 24.4. The highest BCUT2D eigenvalue weighted by atomic mass is 79.9. The summed E-state index contributed by atoms with van der Waals surface area (Å²) in [5.41, 5.74) is 2.77. The lowest BCUT2D eigenvalue weighted by Crippen LogP contribution is -2.43. The number of allylic oxidation sites excluding steroid dienone is 1. The second-order valence-corrected chi connectivity index (χ2v) is 9.81. The molecule has 0 N–H and O–H groups in total. The van der Waals surface area contributed by atoms with E-state index in [-0.39, 0.29) is 11.5 Å². The molecule has 0 unspecified atom stereocenters. The van der Waals surface area contributed by atoms with Gasteiger partial charge in [0, 0.05) is 17.6 Å². The number of amides is 1. The Kier molecular flexibility index (Phi) is 7.19. The maximum absolute atomic E-state index is 13.7. The summed E-state index contributed by atoms with van der Waals surface area (Å²) >= 11 is 4.82. The van der Waals surface area contributed by atoms with Gasteiger partial charge in [-0.3, -0.25) is 14.2 Å². The normalized spacial score (nSPS) is 15.7. The van der Waals surface area contributed by atoms with E-state index in [4.69, 9.17) is 9.73 Å². The Labute approximate surface area is 210 Å². The first-order chi connectivity index (χ1) is 16.4. The number of hydrogen-bond acceptors (Lipinski definition) is 5. The second-order valence-electron chi connectivity index (χ2n) is 7.88. The van der Waals surface area contributed by atoms with Crippen LogP contribution in [0.2, 0.25) is 0 Å². The fourth-order valence-corrected chi connectivity index (χ4v) is 5.40. The number of nitrogens with zero attached hydrogens (tertiary/aromatic N) is 3. The van der Waals surface area contributed by atoms with Crippen molar-refractivity contribution in [2.24, 2.45) is 4.99 Å². The number of fused-ring (bicyclic) bond motifs is 1. The first kappa shape index (κ1) is 24.2. The van der Waals surface area contributed by atoms with Crippen LogP contribution in [0.3, 0.4) is 0 Å². The van der Waals surface area contributed by atoms with Gasteiger partial charge in [0.1, 0.15) is 5.75 Å². The molecule has 176 valence electrons. The average Bonchev–Trinajstić information content (AvgIpc) is 3.14. The lowest BCUT2D eigenvalue weighted by molar-refractivity contribution is -0.127. The molecule has 0 saturated heterocycles. The van der Waals surface area contributed by atoms with Gasteiger partial charge in [-0.2, -0.15) is 0 Å². The van der Waals surface area contributed by atoms with Crippen molar-refractivity contribution in [3.8, 4) is 5.75 Å². The average molecular weight is 540 g/mol. The highest BCUT2D eigenvalue weighted by molar-refractivity contribution is 9.10. The molecule has 0 radical (unpaired) electrons. The molecule has 0 aliphatic carbocycles. The zero-order valence-corrected chi connectivity index (χ0v) is 21.9. The van der Waals surface area contributed by atoms with Gasteiger partial charge in [-0.15, -0.1) is 0 Å². The lowest BCUT2D eigenvalue weighted by Gasteiger charge is -2.29. The summed E-state index contributed by atoms with van der Waals surface area (Å²) in [5.74, 6) is 0.660. The monoisotopic (exact) mass is 539 g/mol. The van der Waals surface area contributed by atoms with Crippen molar-refractivity contribution in [3.05, 3.63) is 95.1 Å². The summed E-state index contributed by atoms with van der Waals surface area (Å²) in [6.07, 6.45) is 1.85. The molecule has 34 heavy (non-hydrogen) atoms. The fourth-order valence-electron chi connectivity index (χ4n) is 4.09. The molecule has 4 rings (SSSR count). The van der Waals surface area contributed by atoms with Gasteiger partial charge in [0.25, 0.3) is 11.5 Å². The first-order valence-corrected chi connectivity index (χ1v) is 12.7. The maximum Gasteiger partial charge on any atom is 0.271 e. The topological polar surface area (TPSA) is 63.9 Å². The number of hydrogen-bond donors (Lipinski definition) is 0. The molecule has 0 bridgehead atoms. The van der Waals surface area contributed by atoms with E-state index in [2.05, 4.69) is 15.9 Å². The van der Waals surface area contributed by atoms with Gasteiger partial charge >= 0.3 is 0 Å². The van der Waals surface area contributed by atoms with E-state index in [1.807, 2.05) is 75.4 Å². The molecule has 1 atom stereocenters. The van der Waals surface area contributed by atoms with Gasteiger partial charge in [-0.1, -0.05) is 51.5 Å². The number of halogens is 1. The number of rotatable bonds is 6. The number of thiazole rings is 1. The first-order valence-electron chi connectivity index (χ1n) is 11.1. The molecule has 0 fully saturated rings. The van der Waals surface area contributed by atoms with Crippen molar-refractivity contribution in [1.82, 2.24) is 9.47 Å². The van der Waals surface area contributed by atoms with Crippen LogP contribution in [0.4, 0.5) is 0 Å². The van der Waals surface area contributed by atoms with E-state index in [0.717, 1.165) is 21.3 Å². The number of carbonyl (C=O) groups is 1. The van der Waals surface area contributed by atoms with Gasteiger partial charge in [-0.25, -0.2) is 4.99 Å². The van der Waals surface area contributed by atoms with E-state index in [1.165, 1.54) is 11.3 Å². The highest BCUT2D eigenvalue weighted by Crippen LogP contribution is 2.31. The second kappa shape index (κ2) is 10.1. The number of carbonyl (C=O) groups excluding carboxylic acids is 1. The van der Waals surface area contributed by atoms with E-state index < -0.39 is 6.04 Å². The minimum atomic E-state index is -0.546. The summed E-state index contributed by atoms with van der Waals surface area (Å²) in [6.45, 7) is 6.93. The van der Waals surface area contributed by atoms with Crippen LogP contribution in [0.5, 0.6) is 5.75 Å². The largest absolute Gasteiger partial charge is 0.497 e. The van der Waals surface area contributed by atoms with Crippen molar-refractivity contribution in [2.45, 2.75) is 26.8 Å². The van der Waals surface area contributed by atoms with Crippen LogP contribution < -0.4 is 19.6 Å². The molecule has 1 aliphatic rings. The minimum Gasteiger partial charge on any atom is -0.497 e. The van der Waals surface area contributed by atoms with E-state index in [9.17, 15) is 9.59 Å². The third-order valence-corrected chi connectivity index (χ3v) is 7.41. The van der Waals surface area contributed by atoms with Crippen LogP contribution in [0, 0.1) is 0 Å². The number of aromatic nitrogens is 1. The van der Waals surface area contributed by atoms with Crippen LogP contribution in [0.25, 0.3) is 6.08 Å². The Balaban J connectivity index is 1.92. The van der Waals surface area contributed by atoms with Crippen molar-refractivity contribution in [3.63, 3.8) is 0 Å². The van der Waals surface area contributed by atoms with Crippen molar-refractivity contribution >= 4 is 39.2 Å². The molecule has 6 nitrogen and oxygen atoms in total. The Bertz CT molecular complexity index is 1420. The van der Waals surface area contributed by atoms with Crippen LogP contribution in [0.15, 0.2) is 74.1 Å². The van der Waals surface area contributed by atoms with Crippen molar-refractivity contribution in [1.29, 1.82) is 0 Å². The SMILES string of the molecule is CCN(CC)C(=O)C1=C(C)N=c2s/c(=C/c3ccc(OC)cc3)c(=O)n2[C@@H]1c1ccc(Br)cc1. The Morgan fingerprint density at radius 2 is 1.79 bits per heavy atom. The van der Waals surface area contributed by atoms with E-state index in [0.29, 0.717) is 33.7 Å². The van der Waals surface area contributed by atoms with Crippen LogP contribution in [-0.2, 0) is 4.79 Å². The number of benzene rings is 2. The summed E-state index contributed by atoms with van der Waals surface area (Å²) < 4.78 is 8.38. The smallest absolute Gasteiger partial charge is 0.271 e. The predicted molar refractivity (Wildman–Crippen MR) is 139 cm³/mol. The number of methoxy groups -OCH3 is 1. The molecule has 1 aliphatic heterocycles. The standard InChI is InChI=1S/C26H26BrN3O3S/c1-5-29(6-2)25(32)22-16(3)28-26-30(23(22)18-9-11-19(27)12-10-18)24(31)21(34-26)15-17-7-13-20(33-4)14-8-17/h7-15,23H,5-6H2,1-4H3/b21-15+/t23-/m1/s1.